The lowest BCUT2D eigenvalue weighted by molar-refractivity contribution is -0.137. The molecule has 1 heterocycles. The van der Waals surface area contributed by atoms with Crippen molar-refractivity contribution in [2.75, 3.05) is 54.0 Å². The Balaban J connectivity index is 2.72. The first-order valence-electron chi connectivity index (χ1n) is 6.35. The zero-order chi connectivity index (χ0) is 14.4. The molecule has 0 bridgehead atoms. The lowest BCUT2D eigenvalue weighted by atomic mass is 10.0. The van der Waals surface area contributed by atoms with Crippen LogP contribution in [0.25, 0.3) is 0 Å². The molecule has 6 nitrogen and oxygen atoms in total. The Hall–Kier alpha value is -1.40. The van der Waals surface area contributed by atoms with E-state index in [-0.39, 0.29) is 18.4 Å². The minimum atomic E-state index is -0.0889. The second-order valence-electron chi connectivity index (χ2n) is 4.84. The molecule has 0 unspecified atom stereocenters. The zero-order valence-corrected chi connectivity index (χ0v) is 12.2. The topological polar surface area (TPSA) is 61.9 Å². The lowest BCUT2D eigenvalue weighted by Crippen LogP contribution is -2.44. The highest BCUT2D eigenvalue weighted by Crippen LogP contribution is 2.12. The number of rotatable bonds is 6. The molecule has 0 aromatic carbocycles. The minimum absolute atomic E-state index is 0.0799. The summed E-state index contributed by atoms with van der Waals surface area (Å²) < 4.78 is 5.00. The van der Waals surface area contributed by atoms with E-state index in [1.807, 2.05) is 6.92 Å². The summed E-state index contributed by atoms with van der Waals surface area (Å²) in [4.78, 5) is 27.1. The maximum atomic E-state index is 12.4. The molecule has 108 valence electrons. The van der Waals surface area contributed by atoms with E-state index < -0.39 is 0 Å². The van der Waals surface area contributed by atoms with Gasteiger partial charge in [-0.25, -0.2) is 0 Å². The number of hydrogen-bond donors (Lipinski definition) is 1. The van der Waals surface area contributed by atoms with Gasteiger partial charge in [-0.05, 0) is 12.5 Å². The van der Waals surface area contributed by atoms with Crippen molar-refractivity contribution < 1.29 is 14.3 Å². The molecular formula is C13H23N3O3. The lowest BCUT2D eigenvalue weighted by Gasteiger charge is -2.27. The summed E-state index contributed by atoms with van der Waals surface area (Å²) >= 11 is 0. The molecule has 1 aliphatic rings. The van der Waals surface area contributed by atoms with Crippen molar-refractivity contribution >= 4 is 11.8 Å². The Bertz CT molecular complexity index is 371. The summed E-state index contributed by atoms with van der Waals surface area (Å²) in [6.07, 6.45) is 0. The van der Waals surface area contributed by atoms with E-state index in [0.717, 1.165) is 24.2 Å². The van der Waals surface area contributed by atoms with Gasteiger partial charge in [-0.3, -0.25) is 9.59 Å². The van der Waals surface area contributed by atoms with Crippen molar-refractivity contribution in [3.8, 4) is 0 Å². The van der Waals surface area contributed by atoms with Crippen LogP contribution in [0, 0.1) is 0 Å². The van der Waals surface area contributed by atoms with Crippen LogP contribution in [0.3, 0.4) is 0 Å². The number of nitrogens with one attached hydrogen (secondary N) is 1. The molecule has 1 rings (SSSR count). The highest BCUT2D eigenvalue weighted by molar-refractivity contribution is 5.96. The van der Waals surface area contributed by atoms with Gasteiger partial charge < -0.3 is 19.9 Å². The van der Waals surface area contributed by atoms with Gasteiger partial charge in [-0.1, -0.05) is 0 Å². The molecule has 0 radical (unpaired) electrons. The van der Waals surface area contributed by atoms with Crippen molar-refractivity contribution in [1.82, 2.24) is 15.1 Å². The summed E-state index contributed by atoms with van der Waals surface area (Å²) in [6.45, 7) is 4.28. The van der Waals surface area contributed by atoms with Crippen molar-refractivity contribution in [3.63, 3.8) is 0 Å². The van der Waals surface area contributed by atoms with Gasteiger partial charge in [0.1, 0.15) is 6.54 Å². The van der Waals surface area contributed by atoms with E-state index >= 15 is 0 Å². The Kier molecular flexibility index (Phi) is 5.98. The number of hydrogen-bond acceptors (Lipinski definition) is 4. The van der Waals surface area contributed by atoms with Gasteiger partial charge in [0.25, 0.3) is 0 Å². The number of likely N-dealkylation sites (N-methyl/N-ethyl adjacent to an activating group) is 1. The van der Waals surface area contributed by atoms with E-state index in [0.29, 0.717) is 13.2 Å². The molecule has 1 saturated heterocycles. The average Bonchev–Trinajstić information content (AvgIpc) is 2.30. The van der Waals surface area contributed by atoms with Gasteiger partial charge in [0.05, 0.1) is 6.61 Å². The fourth-order valence-corrected chi connectivity index (χ4v) is 1.66. The summed E-state index contributed by atoms with van der Waals surface area (Å²) in [5, 5.41) is 3.11. The molecule has 0 aliphatic carbocycles. The Morgan fingerprint density at radius 2 is 1.95 bits per heavy atom. The van der Waals surface area contributed by atoms with Gasteiger partial charge in [-0.15, -0.1) is 0 Å². The molecule has 0 aromatic heterocycles. The van der Waals surface area contributed by atoms with Crippen molar-refractivity contribution in [2.24, 2.45) is 0 Å². The molecule has 0 aromatic rings. The SMILES string of the molecule is COCCN(CC(=O)N(C)C)C(=O)C(C)=C1CNC1. The van der Waals surface area contributed by atoms with Gasteiger partial charge in [0.15, 0.2) is 0 Å². The van der Waals surface area contributed by atoms with Gasteiger partial charge >= 0.3 is 0 Å². The Labute approximate surface area is 114 Å². The van der Waals surface area contributed by atoms with E-state index in [4.69, 9.17) is 4.74 Å². The van der Waals surface area contributed by atoms with Crippen LogP contribution < -0.4 is 5.32 Å². The third-order valence-corrected chi connectivity index (χ3v) is 3.21. The van der Waals surface area contributed by atoms with Crippen LogP contribution in [0.2, 0.25) is 0 Å². The molecule has 0 atom stereocenters. The number of amides is 2. The Morgan fingerprint density at radius 1 is 1.32 bits per heavy atom. The van der Waals surface area contributed by atoms with Crippen LogP contribution >= 0.6 is 0 Å². The van der Waals surface area contributed by atoms with Crippen molar-refractivity contribution in [3.05, 3.63) is 11.1 Å². The zero-order valence-electron chi connectivity index (χ0n) is 12.2. The van der Waals surface area contributed by atoms with Crippen LogP contribution in [0.4, 0.5) is 0 Å². The number of carbonyl (C=O) groups excluding carboxylic acids is 2. The molecular weight excluding hydrogens is 246 g/mol. The monoisotopic (exact) mass is 269 g/mol. The van der Waals surface area contributed by atoms with E-state index in [1.165, 1.54) is 4.90 Å². The predicted molar refractivity (Wildman–Crippen MR) is 72.7 cm³/mol. The van der Waals surface area contributed by atoms with Gasteiger partial charge in [0, 0.05) is 46.4 Å². The largest absolute Gasteiger partial charge is 0.383 e. The van der Waals surface area contributed by atoms with Crippen molar-refractivity contribution in [2.45, 2.75) is 6.92 Å². The summed E-state index contributed by atoms with van der Waals surface area (Å²) in [7, 11) is 4.95. The van der Waals surface area contributed by atoms with Crippen LogP contribution in [0.15, 0.2) is 11.1 Å². The fourth-order valence-electron chi connectivity index (χ4n) is 1.66. The highest BCUT2D eigenvalue weighted by Gasteiger charge is 2.23. The average molecular weight is 269 g/mol. The second-order valence-corrected chi connectivity index (χ2v) is 4.84. The first kappa shape index (κ1) is 15.7. The third-order valence-electron chi connectivity index (χ3n) is 3.21. The second kappa shape index (κ2) is 7.25. The molecule has 0 saturated carbocycles. The Morgan fingerprint density at radius 3 is 2.37 bits per heavy atom. The third kappa shape index (κ3) is 4.33. The maximum absolute atomic E-state index is 12.4. The van der Waals surface area contributed by atoms with Gasteiger partial charge in [0.2, 0.25) is 11.8 Å². The van der Waals surface area contributed by atoms with Crippen LogP contribution in [0.1, 0.15) is 6.92 Å². The normalized spacial score (nSPS) is 13.8. The number of carbonyl (C=O) groups is 2. The number of methoxy groups -OCH3 is 1. The first-order valence-corrected chi connectivity index (χ1v) is 6.35. The standard InChI is InChI=1S/C13H23N3O3/c1-10(11-7-14-8-11)13(18)16(5-6-19-4)9-12(17)15(2)3/h14H,5-9H2,1-4H3. The summed E-state index contributed by atoms with van der Waals surface area (Å²) in [5.74, 6) is -0.169. The smallest absolute Gasteiger partial charge is 0.250 e. The van der Waals surface area contributed by atoms with Crippen molar-refractivity contribution in [1.29, 1.82) is 0 Å². The molecule has 0 spiro atoms. The number of nitrogens with zero attached hydrogens (tertiary/aromatic N) is 2. The molecule has 1 aliphatic heterocycles. The summed E-state index contributed by atoms with van der Waals surface area (Å²) in [5.41, 5.74) is 1.85. The molecule has 1 fully saturated rings. The van der Waals surface area contributed by atoms with Crippen LogP contribution in [0.5, 0.6) is 0 Å². The summed E-state index contributed by atoms with van der Waals surface area (Å²) in [6, 6.07) is 0. The minimum Gasteiger partial charge on any atom is -0.383 e. The fraction of sp³-hybridized carbons (Fsp3) is 0.692. The van der Waals surface area contributed by atoms with Crippen LogP contribution in [-0.4, -0.2) is 75.6 Å². The van der Waals surface area contributed by atoms with E-state index in [2.05, 4.69) is 5.32 Å². The van der Waals surface area contributed by atoms with Gasteiger partial charge in [-0.2, -0.15) is 0 Å². The number of ether oxygens (including phenoxy) is 1. The highest BCUT2D eigenvalue weighted by atomic mass is 16.5. The molecule has 6 heteroatoms. The predicted octanol–water partition coefficient (Wildman–Crippen LogP) is -0.531. The molecule has 1 N–H and O–H groups in total. The quantitative estimate of drug-likeness (QED) is 0.659. The first-order chi connectivity index (χ1) is 8.97. The van der Waals surface area contributed by atoms with E-state index in [9.17, 15) is 9.59 Å². The van der Waals surface area contributed by atoms with E-state index in [1.54, 1.807) is 26.1 Å². The maximum Gasteiger partial charge on any atom is 0.250 e. The molecule has 19 heavy (non-hydrogen) atoms. The van der Waals surface area contributed by atoms with Crippen LogP contribution in [-0.2, 0) is 14.3 Å². The molecule has 2 amide bonds.